The van der Waals surface area contributed by atoms with Crippen LogP contribution in [0.3, 0.4) is 0 Å². The van der Waals surface area contributed by atoms with Gasteiger partial charge in [0.25, 0.3) is 5.91 Å². The van der Waals surface area contributed by atoms with E-state index >= 15 is 0 Å². The second kappa shape index (κ2) is 7.83. The average molecular weight is 424 g/mol. The molecule has 1 aliphatic carbocycles. The van der Waals surface area contributed by atoms with Crippen LogP contribution in [0.5, 0.6) is 11.5 Å². The van der Waals surface area contributed by atoms with E-state index in [4.69, 9.17) is 14.2 Å². The molecule has 10 heteroatoms. The number of hydrogen-bond donors (Lipinski definition) is 1. The molecule has 9 nitrogen and oxygen atoms in total. The van der Waals surface area contributed by atoms with Gasteiger partial charge in [-0.05, 0) is 44.7 Å². The maximum absolute atomic E-state index is 13.2. The van der Waals surface area contributed by atoms with Crippen LogP contribution in [0.25, 0.3) is 0 Å². The van der Waals surface area contributed by atoms with Gasteiger partial charge in [-0.15, -0.1) is 0 Å². The highest BCUT2D eigenvalue weighted by Gasteiger charge is 2.42. The Kier molecular flexibility index (Phi) is 5.39. The number of rotatable bonds is 6. The minimum atomic E-state index is -3.94. The number of nitrogens with one attached hydrogen (secondary N) is 1. The Morgan fingerprint density at radius 2 is 1.90 bits per heavy atom. The van der Waals surface area contributed by atoms with Crippen molar-refractivity contribution in [2.45, 2.75) is 55.7 Å². The lowest BCUT2D eigenvalue weighted by atomic mass is 10.2. The van der Waals surface area contributed by atoms with Crippen LogP contribution in [0.2, 0.25) is 0 Å². The molecule has 0 radical (unpaired) electrons. The van der Waals surface area contributed by atoms with Gasteiger partial charge in [0, 0.05) is 18.7 Å². The summed E-state index contributed by atoms with van der Waals surface area (Å²) in [6.45, 7) is 2.45. The number of carbonyl (C=O) groups is 2. The van der Waals surface area contributed by atoms with Gasteiger partial charge in [0.1, 0.15) is 19.3 Å². The summed E-state index contributed by atoms with van der Waals surface area (Å²) in [5.74, 6) is -0.216. The van der Waals surface area contributed by atoms with Crippen molar-refractivity contribution in [1.29, 1.82) is 0 Å². The van der Waals surface area contributed by atoms with Gasteiger partial charge in [-0.1, -0.05) is 0 Å². The lowest BCUT2D eigenvalue weighted by Crippen LogP contribution is -2.44. The van der Waals surface area contributed by atoms with Gasteiger partial charge in [-0.25, -0.2) is 8.42 Å². The molecule has 0 spiro atoms. The number of amides is 1. The third kappa shape index (κ3) is 4.18. The molecule has 0 bridgehead atoms. The monoisotopic (exact) mass is 424 g/mol. The molecule has 1 aromatic rings. The first-order chi connectivity index (χ1) is 13.9. The summed E-state index contributed by atoms with van der Waals surface area (Å²) in [6, 6.07) is 3.60. The number of sulfonamides is 1. The summed E-state index contributed by atoms with van der Waals surface area (Å²) in [5, 5.41) is 2.77. The van der Waals surface area contributed by atoms with E-state index in [1.165, 1.54) is 19.1 Å². The molecule has 4 rings (SSSR count). The zero-order valence-electron chi connectivity index (χ0n) is 16.1. The Balaban J connectivity index is 1.48. The molecule has 1 aromatic carbocycles. The number of benzene rings is 1. The predicted molar refractivity (Wildman–Crippen MR) is 101 cm³/mol. The molecule has 2 atom stereocenters. The van der Waals surface area contributed by atoms with E-state index in [0.717, 1.165) is 17.1 Å². The van der Waals surface area contributed by atoms with Crippen LogP contribution < -0.4 is 14.8 Å². The fourth-order valence-electron chi connectivity index (χ4n) is 3.44. The van der Waals surface area contributed by atoms with Gasteiger partial charge in [0.15, 0.2) is 17.6 Å². The van der Waals surface area contributed by atoms with Crippen molar-refractivity contribution in [1.82, 2.24) is 9.62 Å². The summed E-state index contributed by atoms with van der Waals surface area (Å²) >= 11 is 0. The van der Waals surface area contributed by atoms with E-state index in [1.54, 1.807) is 6.07 Å². The van der Waals surface area contributed by atoms with Crippen LogP contribution in [0.15, 0.2) is 23.1 Å². The standard InChI is InChI=1S/C19H24N2O7S/c1-12(18(22)20-13-4-5-13)28-19(23)15-3-2-8-21(15)29(24,25)14-6-7-16-17(11-14)27-10-9-26-16/h6-7,11-13,15H,2-5,8-10H2,1H3,(H,20,22)/t12-,15+/m0/s1. The van der Waals surface area contributed by atoms with Crippen molar-refractivity contribution in [3.8, 4) is 11.5 Å². The van der Waals surface area contributed by atoms with E-state index in [0.29, 0.717) is 37.6 Å². The molecular formula is C19H24N2O7S. The Morgan fingerprint density at radius 1 is 1.17 bits per heavy atom. The summed E-state index contributed by atoms with van der Waals surface area (Å²) in [7, 11) is -3.94. The maximum Gasteiger partial charge on any atom is 0.325 e. The smallest absolute Gasteiger partial charge is 0.325 e. The summed E-state index contributed by atoms with van der Waals surface area (Å²) in [5.41, 5.74) is 0. The molecule has 3 aliphatic rings. The first-order valence-electron chi connectivity index (χ1n) is 9.78. The highest BCUT2D eigenvalue weighted by Crippen LogP contribution is 2.35. The normalized spacial score (nSPS) is 22.7. The summed E-state index contributed by atoms with van der Waals surface area (Å²) in [6.07, 6.45) is 1.77. The van der Waals surface area contributed by atoms with E-state index in [-0.39, 0.29) is 23.4 Å². The van der Waals surface area contributed by atoms with Gasteiger partial charge in [-0.2, -0.15) is 4.31 Å². The van der Waals surface area contributed by atoms with Crippen LogP contribution in [0.1, 0.15) is 32.6 Å². The second-order valence-electron chi connectivity index (χ2n) is 7.44. The average Bonchev–Trinajstić information content (AvgIpc) is 3.37. The molecule has 29 heavy (non-hydrogen) atoms. The maximum atomic E-state index is 13.2. The highest BCUT2D eigenvalue weighted by molar-refractivity contribution is 7.89. The number of nitrogens with zero attached hydrogens (tertiary/aromatic N) is 1. The molecule has 0 aromatic heterocycles. The Hall–Kier alpha value is -2.33. The van der Waals surface area contributed by atoms with Crippen LogP contribution in [-0.2, 0) is 24.3 Å². The fourth-order valence-corrected chi connectivity index (χ4v) is 5.10. The molecule has 1 N–H and O–H groups in total. The van der Waals surface area contributed by atoms with Crippen molar-refractivity contribution in [2.24, 2.45) is 0 Å². The van der Waals surface area contributed by atoms with Crippen LogP contribution in [0, 0.1) is 0 Å². The predicted octanol–water partition coefficient (Wildman–Crippen LogP) is 0.821. The van der Waals surface area contributed by atoms with E-state index in [9.17, 15) is 18.0 Å². The van der Waals surface area contributed by atoms with Crippen molar-refractivity contribution < 1.29 is 32.2 Å². The molecule has 1 amide bonds. The highest BCUT2D eigenvalue weighted by atomic mass is 32.2. The second-order valence-corrected chi connectivity index (χ2v) is 9.33. The van der Waals surface area contributed by atoms with Crippen molar-refractivity contribution in [3.63, 3.8) is 0 Å². The third-order valence-corrected chi connectivity index (χ3v) is 7.09. The molecule has 2 fully saturated rings. The first kappa shape index (κ1) is 20.0. The van der Waals surface area contributed by atoms with Crippen LogP contribution in [0.4, 0.5) is 0 Å². The number of esters is 1. The topological polar surface area (TPSA) is 111 Å². The third-order valence-electron chi connectivity index (χ3n) is 5.18. The van der Waals surface area contributed by atoms with Gasteiger partial charge >= 0.3 is 5.97 Å². The van der Waals surface area contributed by atoms with Gasteiger partial charge < -0.3 is 19.5 Å². The molecule has 0 unspecified atom stereocenters. The fraction of sp³-hybridized carbons (Fsp3) is 0.579. The van der Waals surface area contributed by atoms with E-state index in [2.05, 4.69) is 5.32 Å². The van der Waals surface area contributed by atoms with Crippen molar-refractivity contribution >= 4 is 21.9 Å². The minimum absolute atomic E-state index is 0.0287. The minimum Gasteiger partial charge on any atom is -0.486 e. The van der Waals surface area contributed by atoms with Gasteiger partial charge in [-0.3, -0.25) is 9.59 Å². The molecule has 2 heterocycles. The zero-order valence-corrected chi connectivity index (χ0v) is 16.9. The van der Waals surface area contributed by atoms with Gasteiger partial charge in [0.05, 0.1) is 4.90 Å². The number of fused-ring (bicyclic) bond motifs is 1. The van der Waals surface area contributed by atoms with Crippen LogP contribution >= 0.6 is 0 Å². The number of carbonyl (C=O) groups excluding carboxylic acids is 2. The lowest BCUT2D eigenvalue weighted by molar-refractivity contribution is -0.157. The van der Waals surface area contributed by atoms with E-state index < -0.39 is 28.1 Å². The number of hydrogen-bond acceptors (Lipinski definition) is 7. The van der Waals surface area contributed by atoms with E-state index in [1.807, 2.05) is 0 Å². The first-order valence-corrected chi connectivity index (χ1v) is 11.2. The Bertz CT molecular complexity index is 913. The van der Waals surface area contributed by atoms with Crippen molar-refractivity contribution in [2.75, 3.05) is 19.8 Å². The quantitative estimate of drug-likeness (QED) is 0.673. The lowest BCUT2D eigenvalue weighted by Gasteiger charge is -2.25. The SMILES string of the molecule is C[C@H](OC(=O)[C@H]1CCCN1S(=O)(=O)c1ccc2c(c1)OCCO2)C(=O)NC1CC1. The van der Waals surface area contributed by atoms with Crippen molar-refractivity contribution in [3.05, 3.63) is 18.2 Å². The molecule has 158 valence electrons. The summed E-state index contributed by atoms with van der Waals surface area (Å²) < 4.78 is 43.6. The largest absolute Gasteiger partial charge is 0.486 e. The molecular weight excluding hydrogens is 400 g/mol. The number of ether oxygens (including phenoxy) is 3. The molecule has 2 aliphatic heterocycles. The van der Waals surface area contributed by atoms with Crippen LogP contribution in [-0.4, -0.2) is 62.5 Å². The Labute approximate surface area is 169 Å². The summed E-state index contributed by atoms with van der Waals surface area (Å²) in [4.78, 5) is 24.7. The zero-order chi connectivity index (χ0) is 20.6. The molecule has 1 saturated heterocycles. The molecule has 1 saturated carbocycles. The van der Waals surface area contributed by atoms with Gasteiger partial charge in [0.2, 0.25) is 10.0 Å². The Morgan fingerprint density at radius 3 is 2.62 bits per heavy atom.